The Morgan fingerprint density at radius 3 is 2.60 bits per heavy atom. The fraction of sp³-hybridized carbons (Fsp3) is 0.273. The van der Waals surface area contributed by atoms with Crippen molar-refractivity contribution < 1.29 is 13.2 Å². The minimum atomic E-state index is -4.29. The monoisotopic (exact) mass is 215 g/mol. The lowest BCUT2D eigenvalue weighted by atomic mass is 10.0. The third-order valence-electron chi connectivity index (χ3n) is 2.07. The minimum Gasteiger partial charge on any atom is -0.327 e. The van der Waals surface area contributed by atoms with Crippen molar-refractivity contribution in [3.8, 4) is 0 Å². The van der Waals surface area contributed by atoms with E-state index in [4.69, 9.17) is 5.73 Å². The molecule has 15 heavy (non-hydrogen) atoms. The first-order valence-corrected chi connectivity index (χ1v) is 4.49. The molecule has 0 aliphatic heterocycles. The van der Waals surface area contributed by atoms with Gasteiger partial charge in [-0.05, 0) is 30.2 Å². The number of nitrogens with two attached hydrogens (primary N) is 1. The summed E-state index contributed by atoms with van der Waals surface area (Å²) < 4.78 is 37.1. The van der Waals surface area contributed by atoms with Gasteiger partial charge in [0.15, 0.2) is 0 Å². The van der Waals surface area contributed by atoms with Gasteiger partial charge in [0, 0.05) is 6.54 Å². The van der Waals surface area contributed by atoms with Gasteiger partial charge in [0.1, 0.15) is 0 Å². The van der Waals surface area contributed by atoms with Crippen molar-refractivity contribution in [2.75, 3.05) is 6.54 Å². The molecule has 0 fully saturated rings. The van der Waals surface area contributed by atoms with Crippen LogP contribution >= 0.6 is 0 Å². The molecule has 2 N–H and O–H groups in total. The number of halogens is 3. The normalized spacial score (nSPS) is 13.0. The van der Waals surface area contributed by atoms with Gasteiger partial charge in [-0.25, -0.2) is 0 Å². The molecule has 0 saturated carbocycles. The molecule has 1 nitrogen and oxygen atoms in total. The van der Waals surface area contributed by atoms with E-state index < -0.39 is 11.7 Å². The number of benzene rings is 1. The van der Waals surface area contributed by atoms with Crippen LogP contribution in [0.15, 0.2) is 30.3 Å². The summed E-state index contributed by atoms with van der Waals surface area (Å²) >= 11 is 0. The van der Waals surface area contributed by atoms with E-state index >= 15 is 0 Å². The maximum atomic E-state index is 12.4. The average Bonchev–Trinajstić information content (AvgIpc) is 2.17. The summed E-state index contributed by atoms with van der Waals surface area (Å²) in [5, 5.41) is 0. The second-order valence-corrected chi connectivity index (χ2v) is 3.20. The summed E-state index contributed by atoms with van der Waals surface area (Å²) in [6.07, 6.45) is -2.60. The van der Waals surface area contributed by atoms with Gasteiger partial charge in [-0.15, -0.1) is 0 Å². The van der Waals surface area contributed by atoms with Crippen LogP contribution in [0.4, 0.5) is 13.2 Å². The van der Waals surface area contributed by atoms with E-state index in [1.807, 2.05) is 0 Å². The van der Waals surface area contributed by atoms with Gasteiger partial charge in [-0.1, -0.05) is 18.2 Å². The van der Waals surface area contributed by atoms with Gasteiger partial charge in [0.25, 0.3) is 0 Å². The van der Waals surface area contributed by atoms with Crippen LogP contribution in [0.1, 0.15) is 18.1 Å². The minimum absolute atomic E-state index is 0.322. The number of allylic oxidation sites excluding steroid dienone is 1. The molecule has 0 aliphatic rings. The van der Waals surface area contributed by atoms with Crippen LogP contribution in [0.5, 0.6) is 0 Å². The largest absolute Gasteiger partial charge is 0.416 e. The molecule has 0 aromatic heterocycles. The molecule has 0 unspecified atom stereocenters. The lowest BCUT2D eigenvalue weighted by molar-refractivity contribution is -0.137. The third kappa shape index (κ3) is 3.09. The zero-order valence-corrected chi connectivity index (χ0v) is 8.31. The standard InChI is InChI=1S/C11H12F3N/c1-8(5-6-15)9-3-2-4-10(7-9)11(12,13)14/h2-5,7H,6,15H2,1H3. The van der Waals surface area contributed by atoms with Crippen molar-refractivity contribution in [2.45, 2.75) is 13.1 Å². The Kier molecular flexibility index (Phi) is 3.52. The number of hydrogen-bond acceptors (Lipinski definition) is 1. The first-order valence-electron chi connectivity index (χ1n) is 4.49. The highest BCUT2D eigenvalue weighted by Crippen LogP contribution is 2.30. The number of rotatable bonds is 2. The molecule has 0 atom stereocenters. The zero-order valence-electron chi connectivity index (χ0n) is 8.31. The van der Waals surface area contributed by atoms with Crippen molar-refractivity contribution >= 4 is 5.57 Å². The second kappa shape index (κ2) is 4.49. The Labute approximate surface area is 86.4 Å². The first-order chi connectivity index (χ1) is 6.95. The van der Waals surface area contributed by atoms with Crippen LogP contribution in [-0.4, -0.2) is 6.54 Å². The van der Waals surface area contributed by atoms with Crippen LogP contribution < -0.4 is 5.73 Å². The second-order valence-electron chi connectivity index (χ2n) is 3.20. The van der Waals surface area contributed by atoms with E-state index in [-0.39, 0.29) is 0 Å². The topological polar surface area (TPSA) is 26.0 Å². The Morgan fingerprint density at radius 1 is 1.40 bits per heavy atom. The summed E-state index contributed by atoms with van der Waals surface area (Å²) in [5.74, 6) is 0. The van der Waals surface area contributed by atoms with Crippen molar-refractivity contribution in [3.05, 3.63) is 41.5 Å². The predicted molar refractivity (Wildman–Crippen MR) is 54.1 cm³/mol. The molecule has 1 rings (SSSR count). The predicted octanol–water partition coefficient (Wildman–Crippen LogP) is 3.07. The van der Waals surface area contributed by atoms with Crippen molar-refractivity contribution in [2.24, 2.45) is 5.73 Å². The number of alkyl halides is 3. The van der Waals surface area contributed by atoms with Gasteiger partial charge >= 0.3 is 6.18 Å². The Balaban J connectivity index is 3.08. The molecule has 1 aromatic carbocycles. The van der Waals surface area contributed by atoms with E-state index in [0.717, 1.165) is 17.7 Å². The highest BCUT2D eigenvalue weighted by Gasteiger charge is 2.30. The van der Waals surface area contributed by atoms with Crippen molar-refractivity contribution in [1.82, 2.24) is 0 Å². The summed E-state index contributed by atoms with van der Waals surface area (Å²) in [5.41, 5.74) is 5.96. The Morgan fingerprint density at radius 2 is 2.07 bits per heavy atom. The van der Waals surface area contributed by atoms with E-state index in [1.165, 1.54) is 6.07 Å². The average molecular weight is 215 g/mol. The molecular weight excluding hydrogens is 203 g/mol. The quantitative estimate of drug-likeness (QED) is 0.806. The smallest absolute Gasteiger partial charge is 0.327 e. The molecule has 0 heterocycles. The van der Waals surface area contributed by atoms with Crippen molar-refractivity contribution in [3.63, 3.8) is 0 Å². The van der Waals surface area contributed by atoms with Crippen LogP contribution in [0, 0.1) is 0 Å². The van der Waals surface area contributed by atoms with Gasteiger partial charge in [0.2, 0.25) is 0 Å². The van der Waals surface area contributed by atoms with Crippen LogP contribution in [0.3, 0.4) is 0 Å². The van der Waals surface area contributed by atoms with E-state index in [2.05, 4.69) is 0 Å². The molecule has 1 aromatic rings. The molecule has 0 saturated heterocycles. The third-order valence-corrected chi connectivity index (χ3v) is 2.07. The van der Waals surface area contributed by atoms with Gasteiger partial charge in [-0.3, -0.25) is 0 Å². The molecular formula is C11H12F3N. The lowest BCUT2D eigenvalue weighted by Crippen LogP contribution is -2.05. The van der Waals surface area contributed by atoms with Gasteiger partial charge in [-0.2, -0.15) is 13.2 Å². The fourth-order valence-corrected chi connectivity index (χ4v) is 1.24. The molecule has 82 valence electrons. The maximum Gasteiger partial charge on any atom is 0.416 e. The lowest BCUT2D eigenvalue weighted by Gasteiger charge is -2.08. The zero-order chi connectivity index (χ0) is 11.5. The molecule has 0 aliphatic carbocycles. The molecule has 0 bridgehead atoms. The summed E-state index contributed by atoms with van der Waals surface area (Å²) in [6.45, 7) is 2.06. The molecule has 4 heteroatoms. The van der Waals surface area contributed by atoms with E-state index in [1.54, 1.807) is 19.1 Å². The van der Waals surface area contributed by atoms with Crippen molar-refractivity contribution in [1.29, 1.82) is 0 Å². The highest BCUT2D eigenvalue weighted by molar-refractivity contribution is 5.64. The fourth-order valence-electron chi connectivity index (χ4n) is 1.24. The Bertz CT molecular complexity index is 366. The summed E-state index contributed by atoms with van der Waals surface area (Å²) in [6, 6.07) is 5.21. The van der Waals surface area contributed by atoms with E-state index in [9.17, 15) is 13.2 Å². The molecule has 0 spiro atoms. The first kappa shape index (κ1) is 11.8. The SMILES string of the molecule is CC(=CCN)c1cccc(C(F)(F)F)c1. The van der Waals surface area contributed by atoms with Crippen LogP contribution in [-0.2, 0) is 6.18 Å². The summed E-state index contributed by atoms with van der Waals surface area (Å²) in [7, 11) is 0. The van der Waals surface area contributed by atoms with Gasteiger partial charge in [0.05, 0.1) is 5.56 Å². The molecule has 0 radical (unpaired) electrons. The highest BCUT2D eigenvalue weighted by atomic mass is 19.4. The van der Waals surface area contributed by atoms with Crippen LogP contribution in [0.25, 0.3) is 5.57 Å². The maximum absolute atomic E-state index is 12.4. The Hall–Kier alpha value is -1.29. The van der Waals surface area contributed by atoms with Crippen LogP contribution in [0.2, 0.25) is 0 Å². The number of hydrogen-bond donors (Lipinski definition) is 1. The van der Waals surface area contributed by atoms with E-state index in [0.29, 0.717) is 12.1 Å². The molecule has 0 amide bonds. The summed E-state index contributed by atoms with van der Waals surface area (Å²) in [4.78, 5) is 0. The van der Waals surface area contributed by atoms with Gasteiger partial charge < -0.3 is 5.73 Å².